The average Bonchev–Trinajstić information content (AvgIpc) is 2.41. The molecule has 0 bridgehead atoms. The van der Waals surface area contributed by atoms with Crippen LogP contribution in [-0.4, -0.2) is 28.9 Å². The van der Waals surface area contributed by atoms with Gasteiger partial charge in [-0.1, -0.05) is 28.1 Å². The molecule has 1 fully saturated rings. The highest BCUT2D eigenvalue weighted by Gasteiger charge is 2.27. The van der Waals surface area contributed by atoms with Crippen LogP contribution in [0.4, 0.5) is 4.39 Å². The molecule has 1 atom stereocenters. The Bertz CT molecular complexity index is 523. The summed E-state index contributed by atoms with van der Waals surface area (Å²) in [4.78, 5) is 14.4. The summed E-state index contributed by atoms with van der Waals surface area (Å²) in [5.74, 6) is -0.784. The molecule has 0 aromatic heterocycles. The lowest BCUT2D eigenvalue weighted by atomic mass is 9.97. The van der Waals surface area contributed by atoms with Crippen molar-refractivity contribution in [3.05, 3.63) is 34.1 Å². The Morgan fingerprint density at radius 3 is 2.95 bits per heavy atom. The summed E-state index contributed by atoms with van der Waals surface area (Å²) in [6.07, 6.45) is 1.73. The number of carbonyl (C=O) groups is 1. The van der Waals surface area contributed by atoms with Gasteiger partial charge in [-0.2, -0.15) is 0 Å². The number of thiocarbonyl (C=S) groups is 1. The molecular weight excluding hydrogens is 331 g/mol. The van der Waals surface area contributed by atoms with E-state index in [1.165, 1.54) is 12.1 Å². The number of halogens is 2. The van der Waals surface area contributed by atoms with Crippen molar-refractivity contribution >= 4 is 39.0 Å². The van der Waals surface area contributed by atoms with Crippen molar-refractivity contribution in [3.63, 3.8) is 0 Å². The van der Waals surface area contributed by atoms with Crippen LogP contribution in [0, 0.1) is 11.7 Å². The van der Waals surface area contributed by atoms with Gasteiger partial charge in [0.1, 0.15) is 5.82 Å². The highest BCUT2D eigenvalue weighted by atomic mass is 79.9. The van der Waals surface area contributed by atoms with E-state index in [0.29, 0.717) is 22.6 Å². The molecule has 1 heterocycles. The van der Waals surface area contributed by atoms with Crippen LogP contribution >= 0.6 is 28.1 Å². The molecule has 1 unspecified atom stereocenters. The monoisotopic (exact) mass is 344 g/mol. The van der Waals surface area contributed by atoms with Crippen LogP contribution in [0.2, 0.25) is 0 Å². The van der Waals surface area contributed by atoms with Crippen LogP contribution in [0.5, 0.6) is 0 Å². The van der Waals surface area contributed by atoms with Crippen LogP contribution in [0.3, 0.4) is 0 Å². The maximum atomic E-state index is 13.7. The normalized spacial score (nSPS) is 19.3. The molecule has 0 saturated carbocycles. The summed E-state index contributed by atoms with van der Waals surface area (Å²) in [6, 6.07) is 4.36. The minimum atomic E-state index is -0.509. The fourth-order valence-electron chi connectivity index (χ4n) is 2.23. The third kappa shape index (κ3) is 3.30. The second-order valence-electron chi connectivity index (χ2n) is 4.62. The predicted molar refractivity (Wildman–Crippen MR) is 79.5 cm³/mol. The number of likely N-dealkylation sites (tertiary alicyclic amines) is 1. The highest BCUT2D eigenvalue weighted by Crippen LogP contribution is 2.22. The van der Waals surface area contributed by atoms with E-state index in [4.69, 9.17) is 18.0 Å². The second-order valence-corrected chi connectivity index (χ2v) is 6.00. The summed E-state index contributed by atoms with van der Waals surface area (Å²) in [7, 11) is 0. The van der Waals surface area contributed by atoms with E-state index >= 15 is 0 Å². The van der Waals surface area contributed by atoms with E-state index in [2.05, 4.69) is 15.9 Å². The van der Waals surface area contributed by atoms with Crippen LogP contribution in [0.1, 0.15) is 23.2 Å². The summed E-state index contributed by atoms with van der Waals surface area (Å²) < 4.78 is 14.4. The van der Waals surface area contributed by atoms with Crippen LogP contribution < -0.4 is 5.73 Å². The van der Waals surface area contributed by atoms with Gasteiger partial charge < -0.3 is 10.6 Å². The molecule has 0 radical (unpaired) electrons. The van der Waals surface area contributed by atoms with Gasteiger partial charge in [0.05, 0.1) is 10.6 Å². The van der Waals surface area contributed by atoms with Crippen molar-refractivity contribution < 1.29 is 9.18 Å². The molecule has 1 aromatic rings. The van der Waals surface area contributed by atoms with Crippen LogP contribution in [0.25, 0.3) is 0 Å². The third-order valence-electron chi connectivity index (χ3n) is 3.27. The maximum absolute atomic E-state index is 13.7. The zero-order valence-corrected chi connectivity index (χ0v) is 12.6. The number of nitrogens with zero attached hydrogens (tertiary/aromatic N) is 1. The molecule has 0 spiro atoms. The number of hydrogen-bond donors (Lipinski definition) is 1. The fourth-order valence-corrected chi connectivity index (χ4v) is 2.78. The van der Waals surface area contributed by atoms with Crippen molar-refractivity contribution in [2.45, 2.75) is 12.8 Å². The standard InChI is InChI=1S/C13H14BrFN2OS/c14-9-3-4-11(15)10(6-9)13(18)17-5-1-2-8(7-17)12(16)19/h3-4,6,8H,1-2,5,7H2,(H2,16,19). The van der Waals surface area contributed by atoms with Gasteiger partial charge in [-0.05, 0) is 31.0 Å². The number of amides is 1. The van der Waals surface area contributed by atoms with E-state index < -0.39 is 5.82 Å². The fraction of sp³-hybridized carbons (Fsp3) is 0.385. The van der Waals surface area contributed by atoms with E-state index in [-0.39, 0.29) is 17.4 Å². The van der Waals surface area contributed by atoms with Gasteiger partial charge in [-0.15, -0.1) is 0 Å². The Labute approximate surface area is 125 Å². The number of benzene rings is 1. The zero-order valence-electron chi connectivity index (χ0n) is 10.2. The van der Waals surface area contributed by atoms with Crippen molar-refractivity contribution in [1.29, 1.82) is 0 Å². The van der Waals surface area contributed by atoms with E-state index in [0.717, 1.165) is 12.8 Å². The quantitative estimate of drug-likeness (QED) is 0.839. The largest absolute Gasteiger partial charge is 0.393 e. The molecule has 1 aliphatic rings. The molecule has 2 N–H and O–H groups in total. The molecule has 0 aliphatic carbocycles. The lowest BCUT2D eigenvalue weighted by molar-refractivity contribution is 0.0699. The van der Waals surface area contributed by atoms with Crippen molar-refractivity contribution in [1.82, 2.24) is 4.90 Å². The summed E-state index contributed by atoms with van der Waals surface area (Å²) in [5.41, 5.74) is 5.72. The van der Waals surface area contributed by atoms with Gasteiger partial charge in [-0.3, -0.25) is 4.79 Å². The smallest absolute Gasteiger partial charge is 0.256 e. The number of hydrogen-bond acceptors (Lipinski definition) is 2. The van der Waals surface area contributed by atoms with E-state index in [9.17, 15) is 9.18 Å². The zero-order chi connectivity index (χ0) is 14.0. The van der Waals surface area contributed by atoms with Gasteiger partial charge in [0, 0.05) is 23.5 Å². The number of carbonyl (C=O) groups excluding carboxylic acids is 1. The van der Waals surface area contributed by atoms with Crippen molar-refractivity contribution in [3.8, 4) is 0 Å². The van der Waals surface area contributed by atoms with Crippen molar-refractivity contribution in [2.75, 3.05) is 13.1 Å². The molecule has 102 valence electrons. The topological polar surface area (TPSA) is 46.3 Å². The summed E-state index contributed by atoms with van der Waals surface area (Å²) >= 11 is 8.22. The van der Waals surface area contributed by atoms with Gasteiger partial charge in [-0.25, -0.2) is 4.39 Å². The first kappa shape index (κ1) is 14.4. The first-order chi connectivity index (χ1) is 8.99. The maximum Gasteiger partial charge on any atom is 0.256 e. The molecule has 3 nitrogen and oxygen atoms in total. The van der Waals surface area contributed by atoms with Gasteiger partial charge in [0.15, 0.2) is 0 Å². The average molecular weight is 345 g/mol. The van der Waals surface area contributed by atoms with Crippen molar-refractivity contribution in [2.24, 2.45) is 11.7 Å². The number of rotatable bonds is 2. The Morgan fingerprint density at radius 2 is 2.26 bits per heavy atom. The first-order valence-electron chi connectivity index (χ1n) is 6.02. The van der Waals surface area contributed by atoms with Crippen LogP contribution in [0.15, 0.2) is 22.7 Å². The molecule has 1 aromatic carbocycles. The molecule has 1 amide bonds. The molecule has 1 saturated heterocycles. The minimum absolute atomic E-state index is 0.0305. The molecule has 1 aliphatic heterocycles. The summed E-state index contributed by atoms with van der Waals surface area (Å²) in [6.45, 7) is 1.09. The van der Waals surface area contributed by atoms with E-state index in [1.807, 2.05) is 0 Å². The number of nitrogens with two attached hydrogens (primary N) is 1. The highest BCUT2D eigenvalue weighted by molar-refractivity contribution is 9.10. The third-order valence-corrected chi connectivity index (χ3v) is 4.10. The molecule has 6 heteroatoms. The Kier molecular flexibility index (Phi) is 4.52. The minimum Gasteiger partial charge on any atom is -0.393 e. The summed E-state index contributed by atoms with van der Waals surface area (Å²) in [5, 5.41) is 0. The van der Waals surface area contributed by atoms with Gasteiger partial charge >= 0.3 is 0 Å². The number of piperidine rings is 1. The van der Waals surface area contributed by atoms with Gasteiger partial charge in [0.2, 0.25) is 0 Å². The Balaban J connectivity index is 2.19. The first-order valence-corrected chi connectivity index (χ1v) is 7.23. The molecule has 2 rings (SSSR count). The lowest BCUT2D eigenvalue weighted by Gasteiger charge is -2.32. The van der Waals surface area contributed by atoms with Crippen LogP contribution in [-0.2, 0) is 0 Å². The van der Waals surface area contributed by atoms with E-state index in [1.54, 1.807) is 11.0 Å². The predicted octanol–water partition coefficient (Wildman–Crippen LogP) is 2.73. The lowest BCUT2D eigenvalue weighted by Crippen LogP contribution is -2.43. The molecule has 19 heavy (non-hydrogen) atoms. The molecular formula is C13H14BrFN2OS. The second kappa shape index (κ2) is 5.96. The van der Waals surface area contributed by atoms with Gasteiger partial charge in [0.25, 0.3) is 5.91 Å². The Hall–Kier alpha value is -1.01. The Morgan fingerprint density at radius 1 is 1.53 bits per heavy atom. The SMILES string of the molecule is NC(=S)C1CCCN(C(=O)c2cc(Br)ccc2F)C1.